The standard InChI is InChI=1S/C23H15Cl2N7/c1-30-12-26-18-8-6-15(11-19(18)30)32-13-27-29-23(32)22-21(16-10-14(24)5-7-17(16)25)28-20-4-2-3-9-31(20)22/h2-13H,1H3. The number of aryl methyl sites for hydroxylation is 1. The summed E-state index contributed by atoms with van der Waals surface area (Å²) in [6, 6.07) is 17.2. The van der Waals surface area contributed by atoms with Crippen molar-refractivity contribution in [2.75, 3.05) is 0 Å². The molecule has 0 fully saturated rings. The van der Waals surface area contributed by atoms with Gasteiger partial charge in [0.1, 0.15) is 23.4 Å². The van der Waals surface area contributed by atoms with Crippen LogP contribution in [0.15, 0.2) is 73.4 Å². The molecule has 0 unspecified atom stereocenters. The highest BCUT2D eigenvalue weighted by atomic mass is 35.5. The predicted octanol–water partition coefficient (Wildman–Crippen LogP) is 5.44. The van der Waals surface area contributed by atoms with Crippen LogP contribution in [0.3, 0.4) is 0 Å². The van der Waals surface area contributed by atoms with Gasteiger partial charge in [0.05, 0.1) is 28.1 Å². The average Bonchev–Trinajstić information content (AvgIpc) is 3.52. The van der Waals surface area contributed by atoms with Crippen molar-refractivity contribution in [3.63, 3.8) is 0 Å². The molecule has 0 saturated heterocycles. The van der Waals surface area contributed by atoms with Crippen LogP contribution in [0.1, 0.15) is 0 Å². The normalized spacial score (nSPS) is 11.6. The maximum atomic E-state index is 6.56. The van der Waals surface area contributed by atoms with Gasteiger partial charge in [-0.2, -0.15) is 0 Å². The molecule has 0 amide bonds. The summed E-state index contributed by atoms with van der Waals surface area (Å²) in [7, 11) is 1.97. The van der Waals surface area contributed by atoms with E-state index in [9.17, 15) is 0 Å². The maximum Gasteiger partial charge on any atom is 0.187 e. The number of benzene rings is 2. The molecule has 6 aromatic rings. The first kappa shape index (κ1) is 19.0. The zero-order chi connectivity index (χ0) is 21.8. The maximum absolute atomic E-state index is 6.56. The van der Waals surface area contributed by atoms with Crippen LogP contribution in [-0.2, 0) is 7.05 Å². The topological polar surface area (TPSA) is 65.8 Å². The molecule has 6 rings (SSSR count). The number of fused-ring (bicyclic) bond motifs is 2. The van der Waals surface area contributed by atoms with Gasteiger partial charge in [0.25, 0.3) is 0 Å². The molecule has 0 atom stereocenters. The summed E-state index contributed by atoms with van der Waals surface area (Å²) in [4.78, 5) is 9.26. The first-order valence-corrected chi connectivity index (χ1v) is 10.6. The third kappa shape index (κ3) is 2.90. The SMILES string of the molecule is Cn1cnc2ccc(-n3cnnc3-c3c(-c4cc(Cl)ccc4Cl)nc4ccccn34)cc21. The van der Waals surface area contributed by atoms with Crippen LogP contribution in [0.5, 0.6) is 0 Å². The molecule has 0 spiro atoms. The second kappa shape index (κ2) is 7.19. The number of imidazole rings is 2. The van der Waals surface area contributed by atoms with Gasteiger partial charge in [-0.05, 0) is 48.5 Å². The molecule has 4 aromatic heterocycles. The van der Waals surface area contributed by atoms with Crippen LogP contribution in [0, 0.1) is 0 Å². The Kier molecular flexibility index (Phi) is 4.28. The van der Waals surface area contributed by atoms with Gasteiger partial charge in [-0.3, -0.25) is 8.97 Å². The molecule has 0 radical (unpaired) electrons. The molecule has 2 aromatic carbocycles. The van der Waals surface area contributed by atoms with Crippen LogP contribution < -0.4 is 0 Å². The van der Waals surface area contributed by atoms with E-state index >= 15 is 0 Å². The molecular formula is C23H15Cl2N7. The van der Waals surface area contributed by atoms with Gasteiger partial charge in [-0.25, -0.2) is 9.97 Å². The highest BCUT2D eigenvalue weighted by Gasteiger charge is 2.23. The molecule has 0 N–H and O–H groups in total. The molecule has 9 heteroatoms. The monoisotopic (exact) mass is 459 g/mol. The van der Waals surface area contributed by atoms with Crippen LogP contribution in [-0.4, -0.2) is 33.7 Å². The lowest BCUT2D eigenvalue weighted by Gasteiger charge is -2.10. The molecular weight excluding hydrogens is 445 g/mol. The second-order valence-corrected chi connectivity index (χ2v) is 8.26. The molecule has 0 aliphatic heterocycles. The summed E-state index contributed by atoms with van der Waals surface area (Å²) in [5.74, 6) is 0.635. The van der Waals surface area contributed by atoms with E-state index in [0.29, 0.717) is 21.6 Å². The van der Waals surface area contributed by atoms with Gasteiger partial charge in [-0.1, -0.05) is 29.3 Å². The Labute approximate surface area is 192 Å². The Morgan fingerprint density at radius 3 is 2.75 bits per heavy atom. The van der Waals surface area contributed by atoms with Crippen molar-refractivity contribution in [2.24, 2.45) is 7.05 Å². The van der Waals surface area contributed by atoms with E-state index in [4.69, 9.17) is 28.2 Å². The number of nitrogens with zero attached hydrogens (tertiary/aromatic N) is 7. The molecule has 0 aliphatic carbocycles. The third-order valence-electron chi connectivity index (χ3n) is 5.46. The molecule has 0 bridgehead atoms. The van der Waals surface area contributed by atoms with Crippen molar-refractivity contribution in [1.82, 2.24) is 33.7 Å². The Morgan fingerprint density at radius 2 is 1.84 bits per heavy atom. The first-order valence-electron chi connectivity index (χ1n) is 9.84. The quantitative estimate of drug-likeness (QED) is 0.353. The smallest absolute Gasteiger partial charge is 0.187 e. The minimum atomic E-state index is 0.557. The molecule has 4 heterocycles. The van der Waals surface area contributed by atoms with Gasteiger partial charge in [0, 0.05) is 23.8 Å². The van der Waals surface area contributed by atoms with Gasteiger partial charge < -0.3 is 4.57 Å². The van der Waals surface area contributed by atoms with Crippen LogP contribution in [0.2, 0.25) is 10.0 Å². The summed E-state index contributed by atoms with van der Waals surface area (Å²) in [5, 5.41) is 9.82. The molecule has 0 aliphatic rings. The summed E-state index contributed by atoms with van der Waals surface area (Å²) in [5.41, 5.74) is 5.80. The fourth-order valence-electron chi connectivity index (χ4n) is 3.93. The van der Waals surface area contributed by atoms with E-state index in [1.807, 2.05) is 63.2 Å². The lowest BCUT2D eigenvalue weighted by Crippen LogP contribution is -2.00. The molecule has 7 nitrogen and oxygen atoms in total. The van der Waals surface area contributed by atoms with Crippen molar-refractivity contribution in [2.45, 2.75) is 0 Å². The zero-order valence-electron chi connectivity index (χ0n) is 16.8. The van der Waals surface area contributed by atoms with Crippen LogP contribution in [0.4, 0.5) is 0 Å². The van der Waals surface area contributed by atoms with Crippen molar-refractivity contribution in [3.8, 4) is 28.5 Å². The Morgan fingerprint density at radius 1 is 0.938 bits per heavy atom. The van der Waals surface area contributed by atoms with E-state index in [1.165, 1.54) is 0 Å². The van der Waals surface area contributed by atoms with Gasteiger partial charge in [-0.15, -0.1) is 10.2 Å². The number of hydrogen-bond acceptors (Lipinski definition) is 4. The Balaban J connectivity index is 1.64. The minimum Gasteiger partial charge on any atom is -0.334 e. The average molecular weight is 460 g/mol. The van der Waals surface area contributed by atoms with Crippen molar-refractivity contribution < 1.29 is 0 Å². The van der Waals surface area contributed by atoms with Crippen molar-refractivity contribution in [3.05, 3.63) is 83.5 Å². The number of hydrogen-bond donors (Lipinski definition) is 0. The largest absolute Gasteiger partial charge is 0.334 e. The number of rotatable bonds is 3. The third-order valence-corrected chi connectivity index (χ3v) is 6.02. The molecule has 156 valence electrons. The molecule has 0 saturated carbocycles. The van der Waals surface area contributed by atoms with E-state index < -0.39 is 0 Å². The summed E-state index contributed by atoms with van der Waals surface area (Å²) in [6.07, 6.45) is 5.44. The second-order valence-electron chi connectivity index (χ2n) is 7.42. The Hall–Kier alpha value is -3.68. The van der Waals surface area contributed by atoms with Crippen molar-refractivity contribution in [1.29, 1.82) is 0 Å². The predicted molar refractivity (Wildman–Crippen MR) is 125 cm³/mol. The number of halogens is 2. The van der Waals surface area contributed by atoms with E-state index in [2.05, 4.69) is 21.2 Å². The highest BCUT2D eigenvalue weighted by molar-refractivity contribution is 6.35. The zero-order valence-corrected chi connectivity index (χ0v) is 18.3. The number of aromatic nitrogens is 7. The first-order chi connectivity index (χ1) is 15.6. The molecule has 32 heavy (non-hydrogen) atoms. The van der Waals surface area contributed by atoms with Crippen LogP contribution >= 0.6 is 23.2 Å². The fourth-order valence-corrected chi connectivity index (χ4v) is 4.31. The lowest BCUT2D eigenvalue weighted by molar-refractivity contribution is 0.945. The Bertz CT molecular complexity index is 1630. The van der Waals surface area contributed by atoms with Crippen LogP contribution in [0.25, 0.3) is 45.1 Å². The highest BCUT2D eigenvalue weighted by Crippen LogP contribution is 2.37. The summed E-state index contributed by atoms with van der Waals surface area (Å²) >= 11 is 12.9. The minimum absolute atomic E-state index is 0.557. The summed E-state index contributed by atoms with van der Waals surface area (Å²) in [6.45, 7) is 0. The van der Waals surface area contributed by atoms with Gasteiger partial charge in [0.15, 0.2) is 5.82 Å². The van der Waals surface area contributed by atoms with Gasteiger partial charge >= 0.3 is 0 Å². The van der Waals surface area contributed by atoms with E-state index in [0.717, 1.165) is 33.6 Å². The number of pyridine rings is 1. The summed E-state index contributed by atoms with van der Waals surface area (Å²) < 4.78 is 5.90. The van der Waals surface area contributed by atoms with Gasteiger partial charge in [0.2, 0.25) is 0 Å². The van der Waals surface area contributed by atoms with E-state index in [-0.39, 0.29) is 0 Å². The lowest BCUT2D eigenvalue weighted by atomic mass is 10.1. The van der Waals surface area contributed by atoms with Crippen molar-refractivity contribution >= 4 is 39.9 Å². The van der Waals surface area contributed by atoms with E-state index in [1.54, 1.807) is 24.8 Å². The fraction of sp³-hybridized carbons (Fsp3) is 0.0435.